The van der Waals surface area contributed by atoms with Crippen molar-refractivity contribution in [1.29, 1.82) is 0 Å². The number of allylic oxidation sites excluding steroid dienone is 2. The van der Waals surface area contributed by atoms with Gasteiger partial charge in [-0.15, -0.1) is 0 Å². The molecule has 0 nitrogen and oxygen atoms in total. The van der Waals surface area contributed by atoms with Gasteiger partial charge in [0, 0.05) is 0 Å². The molecule has 0 aliphatic rings. The van der Waals surface area contributed by atoms with E-state index in [0.717, 1.165) is 12.5 Å². The minimum atomic E-state index is -2.18. The monoisotopic (exact) mass is 404 g/mol. The Hall–Kier alpha value is -3.16. The zero-order valence-electron chi connectivity index (χ0n) is 17.5. The van der Waals surface area contributed by atoms with Gasteiger partial charge in [-0.2, -0.15) is 0 Å². The molecule has 4 aromatic rings. The lowest BCUT2D eigenvalue weighted by Gasteiger charge is -2.33. The van der Waals surface area contributed by atoms with Crippen molar-refractivity contribution in [2.75, 3.05) is 0 Å². The largest absolute Gasteiger partial charge is 0.151 e. The molecule has 0 N–H and O–H groups in total. The van der Waals surface area contributed by atoms with E-state index in [1.165, 1.54) is 26.7 Å². The standard InChI is InChI=1S/C29H28Si/c1-25(24-26-14-6-2-7-15-26)22-23-30(27-16-8-3-9-17-27,28-18-10-4-11-19-28)29-20-12-5-13-21-29/h2-22H,23-24H2,1H3. The quantitative estimate of drug-likeness (QED) is 0.221. The molecule has 0 atom stereocenters. The predicted octanol–water partition coefficient (Wildman–Crippen LogP) is 5.35. The van der Waals surface area contributed by atoms with Gasteiger partial charge in [0.05, 0.1) is 0 Å². The van der Waals surface area contributed by atoms with Gasteiger partial charge in [-0.3, -0.25) is 0 Å². The van der Waals surface area contributed by atoms with Crippen LogP contribution in [0.15, 0.2) is 133 Å². The zero-order chi connectivity index (χ0) is 20.7. The van der Waals surface area contributed by atoms with Crippen molar-refractivity contribution in [3.63, 3.8) is 0 Å². The number of benzene rings is 4. The van der Waals surface area contributed by atoms with Gasteiger partial charge < -0.3 is 0 Å². The van der Waals surface area contributed by atoms with Crippen molar-refractivity contribution in [3.05, 3.63) is 139 Å². The fourth-order valence-electron chi connectivity index (χ4n) is 4.34. The highest BCUT2D eigenvalue weighted by Gasteiger charge is 2.38. The van der Waals surface area contributed by atoms with Crippen LogP contribution in [0.5, 0.6) is 0 Å². The molecule has 4 rings (SSSR count). The molecule has 0 radical (unpaired) electrons. The molecule has 0 aromatic heterocycles. The SMILES string of the molecule is CC(=CC[Si](c1ccccc1)(c1ccccc1)c1ccccc1)Cc1ccccc1. The third-order valence-electron chi connectivity index (χ3n) is 5.88. The molecule has 0 fully saturated rings. The van der Waals surface area contributed by atoms with E-state index in [2.05, 4.69) is 134 Å². The minimum absolute atomic E-state index is 1.00. The van der Waals surface area contributed by atoms with Crippen LogP contribution in [0.1, 0.15) is 12.5 Å². The Labute approximate surface area is 181 Å². The summed E-state index contributed by atoms with van der Waals surface area (Å²) in [6.45, 7) is 2.27. The smallest absolute Gasteiger partial charge is 0.0870 e. The van der Waals surface area contributed by atoms with E-state index in [-0.39, 0.29) is 0 Å². The van der Waals surface area contributed by atoms with Crippen molar-refractivity contribution >= 4 is 23.6 Å². The van der Waals surface area contributed by atoms with Crippen LogP contribution >= 0.6 is 0 Å². The third kappa shape index (κ3) is 4.37. The number of hydrogen-bond donors (Lipinski definition) is 0. The molecule has 0 unspecified atom stereocenters. The van der Waals surface area contributed by atoms with Gasteiger partial charge >= 0.3 is 0 Å². The zero-order valence-corrected chi connectivity index (χ0v) is 18.5. The molecule has 0 amide bonds. The normalized spacial score (nSPS) is 12.0. The van der Waals surface area contributed by atoms with Crippen LogP contribution < -0.4 is 15.6 Å². The van der Waals surface area contributed by atoms with Crippen LogP contribution in [0.2, 0.25) is 6.04 Å². The van der Waals surface area contributed by atoms with E-state index in [4.69, 9.17) is 0 Å². The summed E-state index contributed by atoms with van der Waals surface area (Å²) in [6.07, 6.45) is 3.50. The van der Waals surface area contributed by atoms with E-state index in [0.29, 0.717) is 0 Å². The lowest BCUT2D eigenvalue weighted by molar-refractivity contribution is 1.13. The second-order valence-electron chi connectivity index (χ2n) is 7.92. The first-order valence-electron chi connectivity index (χ1n) is 10.7. The van der Waals surface area contributed by atoms with Gasteiger partial charge in [0.15, 0.2) is 8.07 Å². The molecule has 0 saturated carbocycles. The molecular formula is C29H28Si. The molecule has 148 valence electrons. The van der Waals surface area contributed by atoms with E-state index in [1.54, 1.807) is 0 Å². The molecule has 4 aromatic carbocycles. The van der Waals surface area contributed by atoms with Crippen molar-refractivity contribution in [1.82, 2.24) is 0 Å². The molecule has 0 aliphatic heterocycles. The summed E-state index contributed by atoms with van der Waals surface area (Å²) in [5.74, 6) is 0. The summed E-state index contributed by atoms with van der Waals surface area (Å²) >= 11 is 0. The van der Waals surface area contributed by atoms with Crippen LogP contribution in [0.4, 0.5) is 0 Å². The van der Waals surface area contributed by atoms with E-state index >= 15 is 0 Å². The first-order valence-corrected chi connectivity index (χ1v) is 12.9. The number of rotatable bonds is 7. The fraction of sp³-hybridized carbons (Fsp3) is 0.103. The summed E-state index contributed by atoms with van der Waals surface area (Å²) < 4.78 is 0. The van der Waals surface area contributed by atoms with Crippen molar-refractivity contribution in [2.45, 2.75) is 19.4 Å². The maximum atomic E-state index is 2.49. The molecule has 0 bridgehead atoms. The van der Waals surface area contributed by atoms with E-state index < -0.39 is 8.07 Å². The highest BCUT2D eigenvalue weighted by atomic mass is 28.3. The van der Waals surface area contributed by atoms with Crippen LogP contribution in [0.25, 0.3) is 0 Å². The van der Waals surface area contributed by atoms with Gasteiger partial charge in [0.2, 0.25) is 0 Å². The Kier molecular flexibility index (Phi) is 6.41. The Morgan fingerprint density at radius 1 is 0.567 bits per heavy atom. The molecular weight excluding hydrogens is 376 g/mol. The van der Waals surface area contributed by atoms with Gasteiger partial charge in [-0.05, 0) is 40.5 Å². The Morgan fingerprint density at radius 2 is 0.933 bits per heavy atom. The summed E-state index contributed by atoms with van der Waals surface area (Å²) in [4.78, 5) is 0. The van der Waals surface area contributed by atoms with Crippen molar-refractivity contribution < 1.29 is 0 Å². The van der Waals surface area contributed by atoms with Crippen molar-refractivity contribution in [3.8, 4) is 0 Å². The molecule has 0 heterocycles. The second kappa shape index (κ2) is 9.56. The minimum Gasteiger partial charge on any atom is -0.0870 e. The summed E-state index contributed by atoms with van der Waals surface area (Å²) in [5, 5.41) is 4.39. The maximum absolute atomic E-state index is 2.49. The second-order valence-corrected chi connectivity index (χ2v) is 11.9. The third-order valence-corrected chi connectivity index (χ3v) is 10.7. The first-order chi connectivity index (χ1) is 14.8. The van der Waals surface area contributed by atoms with Gasteiger partial charge in [-0.1, -0.05) is 133 Å². The summed E-state index contributed by atoms with van der Waals surface area (Å²) in [5.41, 5.74) is 2.80. The van der Waals surface area contributed by atoms with Gasteiger partial charge in [0.1, 0.15) is 0 Å². The highest BCUT2D eigenvalue weighted by molar-refractivity contribution is 7.11. The molecule has 30 heavy (non-hydrogen) atoms. The van der Waals surface area contributed by atoms with E-state index in [1.807, 2.05) is 0 Å². The van der Waals surface area contributed by atoms with Gasteiger partial charge in [0.25, 0.3) is 0 Å². The van der Waals surface area contributed by atoms with Crippen LogP contribution in [-0.4, -0.2) is 8.07 Å². The molecule has 0 aliphatic carbocycles. The fourth-order valence-corrected chi connectivity index (χ4v) is 8.99. The Morgan fingerprint density at radius 3 is 1.33 bits per heavy atom. The molecule has 0 saturated heterocycles. The highest BCUT2D eigenvalue weighted by Crippen LogP contribution is 2.17. The average molecular weight is 405 g/mol. The lowest BCUT2D eigenvalue weighted by Crippen LogP contribution is -2.66. The van der Waals surface area contributed by atoms with Crippen LogP contribution in [-0.2, 0) is 6.42 Å². The Balaban J connectivity index is 1.82. The topological polar surface area (TPSA) is 0 Å². The van der Waals surface area contributed by atoms with Crippen molar-refractivity contribution in [2.24, 2.45) is 0 Å². The maximum Gasteiger partial charge on any atom is 0.151 e. The number of hydrogen-bond acceptors (Lipinski definition) is 0. The molecule has 0 spiro atoms. The van der Waals surface area contributed by atoms with Crippen LogP contribution in [0, 0.1) is 0 Å². The molecule has 1 heteroatoms. The summed E-state index contributed by atoms with van der Waals surface area (Å²) in [7, 11) is -2.18. The Bertz CT molecular complexity index is 972. The predicted molar refractivity (Wildman–Crippen MR) is 133 cm³/mol. The average Bonchev–Trinajstić information content (AvgIpc) is 2.82. The first kappa shape index (κ1) is 20.1. The summed E-state index contributed by atoms with van der Waals surface area (Å²) in [6, 6.07) is 45.2. The van der Waals surface area contributed by atoms with Crippen LogP contribution in [0.3, 0.4) is 0 Å². The lowest BCUT2D eigenvalue weighted by atomic mass is 10.1. The van der Waals surface area contributed by atoms with E-state index in [9.17, 15) is 0 Å². The van der Waals surface area contributed by atoms with Gasteiger partial charge in [-0.25, -0.2) is 0 Å².